The molecule has 2 atom stereocenters. The van der Waals surface area contributed by atoms with Gasteiger partial charge in [0.1, 0.15) is 5.82 Å². The van der Waals surface area contributed by atoms with Crippen molar-refractivity contribution in [1.82, 2.24) is 14.9 Å². The van der Waals surface area contributed by atoms with Crippen molar-refractivity contribution in [2.24, 2.45) is 5.92 Å². The van der Waals surface area contributed by atoms with Crippen molar-refractivity contribution >= 4 is 17.5 Å². The molecule has 3 aromatic carbocycles. The number of nitrogens with one attached hydrogen (secondary N) is 1. The molecule has 7 rings (SSSR count). The van der Waals surface area contributed by atoms with Crippen LogP contribution in [0, 0.1) is 5.92 Å². The lowest BCUT2D eigenvalue weighted by molar-refractivity contribution is -0.137. The summed E-state index contributed by atoms with van der Waals surface area (Å²) in [5.41, 5.74) is 5.17. The van der Waals surface area contributed by atoms with E-state index in [1.54, 1.807) is 15.9 Å². The first-order valence-corrected chi connectivity index (χ1v) is 13.8. The number of H-pyrrole nitrogens is 1. The Morgan fingerprint density at radius 3 is 2.54 bits per heavy atom. The molecule has 2 amide bonds. The minimum atomic E-state index is -4.50. The van der Waals surface area contributed by atoms with Crippen molar-refractivity contribution in [2.75, 3.05) is 18.0 Å². The van der Waals surface area contributed by atoms with Crippen LogP contribution in [-0.2, 0) is 22.2 Å². The fourth-order valence-corrected chi connectivity index (χ4v) is 6.58. The molecule has 3 heterocycles. The third kappa shape index (κ3) is 4.40. The van der Waals surface area contributed by atoms with E-state index in [0.717, 1.165) is 24.6 Å². The first kappa shape index (κ1) is 25.6. The highest BCUT2D eigenvalue weighted by atomic mass is 19.4. The maximum Gasteiger partial charge on any atom is 0.417 e. The average Bonchev–Trinajstić information content (AvgIpc) is 3.76. The smallest absolute Gasteiger partial charge is 0.340 e. The zero-order valence-electron chi connectivity index (χ0n) is 22.1. The van der Waals surface area contributed by atoms with Crippen molar-refractivity contribution < 1.29 is 22.8 Å². The Labute approximate surface area is 234 Å². The number of hydrogen-bond acceptors (Lipinski definition) is 3. The number of amides is 2. The highest BCUT2D eigenvalue weighted by Gasteiger charge is 2.42. The molecule has 2 fully saturated rings. The van der Waals surface area contributed by atoms with E-state index in [2.05, 4.69) is 34.2 Å². The van der Waals surface area contributed by atoms with Gasteiger partial charge >= 0.3 is 6.18 Å². The van der Waals surface area contributed by atoms with Gasteiger partial charge in [-0.15, -0.1) is 0 Å². The molecule has 41 heavy (non-hydrogen) atoms. The summed E-state index contributed by atoms with van der Waals surface area (Å²) >= 11 is 0. The molecule has 1 aliphatic carbocycles. The first-order chi connectivity index (χ1) is 19.8. The molecule has 2 aliphatic heterocycles. The quantitative estimate of drug-likeness (QED) is 0.279. The van der Waals surface area contributed by atoms with Gasteiger partial charge in [0.15, 0.2) is 0 Å². The summed E-state index contributed by atoms with van der Waals surface area (Å²) in [7, 11) is 0. The SMILES string of the molecule is O=C1CC(C(=O)N2CCCC2c2ncc(-c3ccccc3C(F)(F)F)[nH]2)CN1c1ccc2c(c1)Cc1ccccc1-2. The van der Waals surface area contributed by atoms with Crippen LogP contribution in [-0.4, -0.2) is 39.8 Å². The van der Waals surface area contributed by atoms with Crippen LogP contribution in [0.1, 0.15) is 47.8 Å². The van der Waals surface area contributed by atoms with Gasteiger partial charge in [-0.25, -0.2) is 4.98 Å². The predicted octanol–water partition coefficient (Wildman–Crippen LogP) is 6.38. The number of likely N-dealkylation sites (tertiary alicyclic amines) is 1. The second kappa shape index (κ2) is 9.61. The summed E-state index contributed by atoms with van der Waals surface area (Å²) in [5, 5.41) is 0. The second-order valence-electron chi connectivity index (χ2n) is 11.0. The number of anilines is 1. The number of hydrogen-bond donors (Lipinski definition) is 1. The molecule has 0 bridgehead atoms. The van der Waals surface area contributed by atoms with Gasteiger partial charge in [0.2, 0.25) is 11.8 Å². The number of aromatic nitrogens is 2. The van der Waals surface area contributed by atoms with Gasteiger partial charge in [-0.2, -0.15) is 13.2 Å². The van der Waals surface area contributed by atoms with Crippen LogP contribution in [0.4, 0.5) is 18.9 Å². The number of rotatable bonds is 4. The van der Waals surface area contributed by atoms with Gasteiger partial charge in [0.05, 0.1) is 29.4 Å². The molecule has 4 aromatic rings. The van der Waals surface area contributed by atoms with E-state index in [-0.39, 0.29) is 35.5 Å². The molecule has 9 heteroatoms. The second-order valence-corrected chi connectivity index (χ2v) is 11.0. The highest BCUT2D eigenvalue weighted by molar-refractivity contribution is 6.01. The first-order valence-electron chi connectivity index (χ1n) is 13.8. The fraction of sp³-hybridized carbons (Fsp3) is 0.281. The van der Waals surface area contributed by atoms with Gasteiger partial charge in [-0.05, 0) is 59.7 Å². The van der Waals surface area contributed by atoms with Gasteiger partial charge in [0, 0.05) is 30.8 Å². The van der Waals surface area contributed by atoms with Crippen LogP contribution in [0.5, 0.6) is 0 Å². The van der Waals surface area contributed by atoms with E-state index >= 15 is 0 Å². The number of alkyl halides is 3. The Balaban J connectivity index is 1.09. The number of halogens is 3. The van der Waals surface area contributed by atoms with E-state index in [0.29, 0.717) is 25.3 Å². The van der Waals surface area contributed by atoms with Gasteiger partial charge < -0.3 is 14.8 Å². The van der Waals surface area contributed by atoms with E-state index in [9.17, 15) is 22.8 Å². The summed E-state index contributed by atoms with van der Waals surface area (Å²) in [6.07, 6.45) is -0.759. The molecular formula is C32H27F3N4O2. The van der Waals surface area contributed by atoms with E-state index in [1.165, 1.54) is 40.6 Å². The Morgan fingerprint density at radius 1 is 0.951 bits per heavy atom. The van der Waals surface area contributed by atoms with Crippen molar-refractivity contribution in [3.8, 4) is 22.4 Å². The maximum absolute atomic E-state index is 13.7. The van der Waals surface area contributed by atoms with Crippen LogP contribution < -0.4 is 4.90 Å². The normalized spacial score (nSPS) is 20.0. The van der Waals surface area contributed by atoms with E-state index in [4.69, 9.17) is 0 Å². The molecule has 2 saturated heterocycles. The maximum atomic E-state index is 13.7. The Kier molecular flexibility index (Phi) is 5.99. The summed E-state index contributed by atoms with van der Waals surface area (Å²) in [6, 6.07) is 19.3. The molecule has 0 radical (unpaired) electrons. The number of fused-ring (bicyclic) bond motifs is 3. The van der Waals surface area contributed by atoms with E-state index in [1.807, 2.05) is 18.2 Å². The highest BCUT2D eigenvalue weighted by Crippen LogP contribution is 2.41. The van der Waals surface area contributed by atoms with Gasteiger partial charge in [0.25, 0.3) is 0 Å². The zero-order valence-corrected chi connectivity index (χ0v) is 22.1. The standard InChI is InChI=1S/C32H27F3N4O2/c33-32(34,35)26-9-4-3-8-25(26)27-17-36-30(37-27)28-10-5-13-38(28)31(41)21-16-29(40)39(18-21)22-11-12-24-20(15-22)14-19-6-1-2-7-23(19)24/h1-4,6-9,11-12,15,17,21,28H,5,10,13-14,16,18H2,(H,36,37). The Bertz CT molecular complexity index is 1680. The van der Waals surface area contributed by atoms with Crippen LogP contribution in [0.15, 0.2) is 72.9 Å². The van der Waals surface area contributed by atoms with Gasteiger partial charge in [-0.1, -0.05) is 48.5 Å². The lowest BCUT2D eigenvalue weighted by Crippen LogP contribution is -2.37. The monoisotopic (exact) mass is 556 g/mol. The Hall–Kier alpha value is -4.40. The topological polar surface area (TPSA) is 69.3 Å². The summed E-state index contributed by atoms with van der Waals surface area (Å²) in [5.74, 6) is -0.236. The zero-order chi connectivity index (χ0) is 28.3. The molecule has 6 nitrogen and oxygen atoms in total. The summed E-state index contributed by atoms with van der Waals surface area (Å²) < 4.78 is 40.7. The lowest BCUT2D eigenvalue weighted by atomic mass is 10.0. The lowest BCUT2D eigenvalue weighted by Gasteiger charge is -2.26. The minimum Gasteiger partial charge on any atom is -0.340 e. The van der Waals surface area contributed by atoms with Crippen molar-refractivity contribution in [3.05, 3.63) is 95.4 Å². The third-order valence-corrected chi connectivity index (χ3v) is 8.53. The molecule has 1 N–H and O–H groups in total. The van der Waals surface area contributed by atoms with Crippen molar-refractivity contribution in [1.29, 1.82) is 0 Å². The minimum absolute atomic E-state index is 0.0177. The van der Waals surface area contributed by atoms with E-state index < -0.39 is 17.7 Å². The number of carbonyl (C=O) groups is 2. The third-order valence-electron chi connectivity index (χ3n) is 8.53. The van der Waals surface area contributed by atoms with Crippen molar-refractivity contribution in [3.63, 3.8) is 0 Å². The fourth-order valence-electron chi connectivity index (χ4n) is 6.58. The van der Waals surface area contributed by atoms with Crippen LogP contribution in [0.3, 0.4) is 0 Å². The van der Waals surface area contributed by atoms with Crippen LogP contribution in [0.2, 0.25) is 0 Å². The average molecular weight is 557 g/mol. The summed E-state index contributed by atoms with van der Waals surface area (Å²) in [6.45, 7) is 0.815. The molecule has 1 aromatic heterocycles. The number of carbonyl (C=O) groups excluding carboxylic acids is 2. The number of nitrogens with zero attached hydrogens (tertiary/aromatic N) is 3. The van der Waals surface area contributed by atoms with Crippen molar-refractivity contribution in [2.45, 2.75) is 37.9 Å². The van der Waals surface area contributed by atoms with Crippen LogP contribution >= 0.6 is 0 Å². The molecule has 0 saturated carbocycles. The van der Waals surface area contributed by atoms with Crippen LogP contribution in [0.25, 0.3) is 22.4 Å². The number of benzene rings is 3. The number of imidazole rings is 1. The molecular weight excluding hydrogens is 529 g/mol. The molecule has 0 spiro atoms. The molecule has 208 valence electrons. The number of aromatic amines is 1. The Morgan fingerprint density at radius 2 is 1.71 bits per heavy atom. The largest absolute Gasteiger partial charge is 0.417 e. The molecule has 3 aliphatic rings. The van der Waals surface area contributed by atoms with Gasteiger partial charge in [-0.3, -0.25) is 9.59 Å². The predicted molar refractivity (Wildman–Crippen MR) is 148 cm³/mol. The summed E-state index contributed by atoms with van der Waals surface area (Å²) in [4.78, 5) is 37.7. The molecule has 2 unspecified atom stereocenters.